The summed E-state index contributed by atoms with van der Waals surface area (Å²) in [4.78, 5) is 24.4. The second-order valence-corrected chi connectivity index (χ2v) is 5.87. The number of hydrogen-bond acceptors (Lipinski definition) is 4. The molecule has 1 fully saturated rings. The Morgan fingerprint density at radius 1 is 1.29 bits per heavy atom. The number of carbonyl (C=O) groups excluding carboxylic acids is 1. The van der Waals surface area contributed by atoms with E-state index in [-0.39, 0.29) is 18.0 Å². The summed E-state index contributed by atoms with van der Waals surface area (Å²) in [5, 5.41) is 20.1. The Labute approximate surface area is 141 Å². The van der Waals surface area contributed by atoms with E-state index in [1.807, 2.05) is 24.3 Å². The molecule has 0 spiro atoms. The molecule has 6 nitrogen and oxygen atoms in total. The number of nitrogens with one attached hydrogen (secondary N) is 1. The lowest BCUT2D eigenvalue weighted by molar-refractivity contribution is -0.135. The van der Waals surface area contributed by atoms with Crippen LogP contribution in [-0.4, -0.2) is 41.5 Å². The maximum absolute atomic E-state index is 12.3. The van der Waals surface area contributed by atoms with E-state index < -0.39 is 5.97 Å². The lowest BCUT2D eigenvalue weighted by Crippen LogP contribution is -2.39. The quantitative estimate of drug-likeness (QED) is 0.611. The summed E-state index contributed by atoms with van der Waals surface area (Å²) in [5.41, 5.74) is 1.25. The molecule has 1 aliphatic rings. The Kier molecular flexibility index (Phi) is 6.38. The highest BCUT2D eigenvalue weighted by atomic mass is 16.4. The van der Waals surface area contributed by atoms with Crippen molar-refractivity contribution in [3.8, 4) is 6.07 Å². The number of rotatable bonds is 6. The van der Waals surface area contributed by atoms with Gasteiger partial charge in [0, 0.05) is 19.3 Å². The van der Waals surface area contributed by atoms with E-state index in [0.29, 0.717) is 19.0 Å². The van der Waals surface area contributed by atoms with Gasteiger partial charge in [0.1, 0.15) is 18.2 Å². The van der Waals surface area contributed by atoms with Crippen LogP contribution >= 0.6 is 0 Å². The van der Waals surface area contributed by atoms with Crippen LogP contribution in [0.15, 0.2) is 42.1 Å². The minimum Gasteiger partial charge on any atom is -0.480 e. The van der Waals surface area contributed by atoms with Crippen molar-refractivity contribution < 1.29 is 14.7 Å². The molecule has 2 N–H and O–H groups in total. The summed E-state index contributed by atoms with van der Waals surface area (Å²) < 4.78 is 0. The van der Waals surface area contributed by atoms with Crippen LogP contribution in [0.4, 0.5) is 0 Å². The topological polar surface area (TPSA) is 93.4 Å². The van der Waals surface area contributed by atoms with Crippen LogP contribution < -0.4 is 5.32 Å². The molecule has 0 unspecified atom stereocenters. The zero-order valence-corrected chi connectivity index (χ0v) is 13.4. The number of carbonyl (C=O) groups is 2. The van der Waals surface area contributed by atoms with Crippen LogP contribution in [0, 0.1) is 17.2 Å². The molecule has 1 heterocycles. The summed E-state index contributed by atoms with van der Waals surface area (Å²) >= 11 is 0. The zero-order valence-electron chi connectivity index (χ0n) is 13.4. The molecule has 1 aliphatic heterocycles. The number of nitrogens with zero attached hydrogens (tertiary/aromatic N) is 2. The maximum atomic E-state index is 12.3. The van der Waals surface area contributed by atoms with Crippen molar-refractivity contribution >= 4 is 11.9 Å². The molecule has 1 aromatic rings. The fourth-order valence-electron chi connectivity index (χ4n) is 2.84. The van der Waals surface area contributed by atoms with Crippen molar-refractivity contribution in [1.82, 2.24) is 10.2 Å². The van der Waals surface area contributed by atoms with Crippen molar-refractivity contribution in [2.24, 2.45) is 5.92 Å². The SMILES string of the molecule is N#C/C(=C/NCC(=O)O)C(=O)N1CCC(Cc2ccccc2)CC1. The van der Waals surface area contributed by atoms with Crippen molar-refractivity contribution in [3.63, 3.8) is 0 Å². The van der Waals surface area contributed by atoms with Gasteiger partial charge >= 0.3 is 5.97 Å². The van der Waals surface area contributed by atoms with Crippen LogP contribution in [0.3, 0.4) is 0 Å². The van der Waals surface area contributed by atoms with Crippen LogP contribution in [-0.2, 0) is 16.0 Å². The fourth-order valence-corrected chi connectivity index (χ4v) is 2.84. The van der Waals surface area contributed by atoms with Gasteiger partial charge in [-0.2, -0.15) is 5.26 Å². The van der Waals surface area contributed by atoms with Gasteiger partial charge in [-0.15, -0.1) is 0 Å². The predicted molar refractivity (Wildman–Crippen MR) is 88.8 cm³/mol. The van der Waals surface area contributed by atoms with E-state index in [1.54, 1.807) is 4.90 Å². The van der Waals surface area contributed by atoms with Crippen LogP contribution in [0.25, 0.3) is 0 Å². The Balaban J connectivity index is 1.85. The minimum absolute atomic E-state index is 0.0576. The number of likely N-dealkylation sites (tertiary alicyclic amines) is 1. The third-order valence-electron chi connectivity index (χ3n) is 4.12. The molecule has 24 heavy (non-hydrogen) atoms. The molecule has 2 rings (SSSR count). The molecule has 0 radical (unpaired) electrons. The molecule has 1 saturated heterocycles. The van der Waals surface area contributed by atoms with Crippen LogP contribution in [0.1, 0.15) is 18.4 Å². The molecular weight excluding hydrogens is 306 g/mol. The number of nitriles is 1. The average molecular weight is 327 g/mol. The van der Waals surface area contributed by atoms with Gasteiger partial charge in [-0.05, 0) is 30.7 Å². The van der Waals surface area contributed by atoms with E-state index in [0.717, 1.165) is 19.3 Å². The normalized spacial score (nSPS) is 15.6. The number of carboxylic acid groups (broad SMARTS) is 1. The standard InChI is InChI=1S/C18H21N3O3/c19-11-16(12-20-13-17(22)23)18(24)21-8-6-15(7-9-21)10-14-4-2-1-3-5-14/h1-5,12,15,20H,6-10,13H2,(H,22,23)/b16-12-. The summed E-state index contributed by atoms with van der Waals surface area (Å²) in [6.45, 7) is 0.917. The van der Waals surface area contributed by atoms with Crippen molar-refractivity contribution in [1.29, 1.82) is 5.26 Å². The summed E-state index contributed by atoms with van der Waals surface area (Å²) in [6.07, 6.45) is 4.00. The van der Waals surface area contributed by atoms with E-state index in [4.69, 9.17) is 10.4 Å². The van der Waals surface area contributed by atoms with Crippen molar-refractivity contribution in [3.05, 3.63) is 47.7 Å². The minimum atomic E-state index is -1.04. The molecular formula is C18H21N3O3. The smallest absolute Gasteiger partial charge is 0.322 e. The molecule has 6 heteroatoms. The molecule has 126 valence electrons. The number of aliphatic carboxylic acids is 1. The van der Waals surface area contributed by atoms with Crippen molar-refractivity contribution in [2.45, 2.75) is 19.3 Å². The van der Waals surface area contributed by atoms with Crippen LogP contribution in [0.2, 0.25) is 0 Å². The van der Waals surface area contributed by atoms with E-state index in [9.17, 15) is 9.59 Å². The van der Waals surface area contributed by atoms with Gasteiger partial charge < -0.3 is 15.3 Å². The van der Waals surface area contributed by atoms with E-state index in [2.05, 4.69) is 17.4 Å². The van der Waals surface area contributed by atoms with Crippen LogP contribution in [0.5, 0.6) is 0 Å². The monoisotopic (exact) mass is 327 g/mol. The number of hydrogen-bond donors (Lipinski definition) is 2. The Morgan fingerprint density at radius 3 is 2.54 bits per heavy atom. The first-order valence-corrected chi connectivity index (χ1v) is 7.98. The average Bonchev–Trinajstić information content (AvgIpc) is 2.59. The third kappa shape index (κ3) is 5.13. The van der Waals surface area contributed by atoms with Gasteiger partial charge in [0.25, 0.3) is 5.91 Å². The summed E-state index contributed by atoms with van der Waals surface area (Å²) in [6, 6.07) is 12.1. The Morgan fingerprint density at radius 2 is 1.96 bits per heavy atom. The second kappa shape index (κ2) is 8.73. The van der Waals surface area contributed by atoms with Gasteiger partial charge in [0.15, 0.2) is 0 Å². The van der Waals surface area contributed by atoms with E-state index in [1.165, 1.54) is 11.8 Å². The molecule has 1 aromatic carbocycles. The predicted octanol–water partition coefficient (Wildman–Crippen LogP) is 1.55. The van der Waals surface area contributed by atoms with Gasteiger partial charge in [0.2, 0.25) is 0 Å². The number of amides is 1. The lowest BCUT2D eigenvalue weighted by Gasteiger charge is -2.32. The molecule has 0 aromatic heterocycles. The number of piperidine rings is 1. The van der Waals surface area contributed by atoms with Gasteiger partial charge in [-0.1, -0.05) is 30.3 Å². The Bertz CT molecular complexity index is 641. The first-order valence-electron chi connectivity index (χ1n) is 7.98. The molecule has 0 atom stereocenters. The zero-order chi connectivity index (χ0) is 17.4. The summed E-state index contributed by atoms with van der Waals surface area (Å²) in [7, 11) is 0. The largest absolute Gasteiger partial charge is 0.480 e. The fraction of sp³-hybridized carbons (Fsp3) is 0.389. The molecule has 0 saturated carbocycles. The lowest BCUT2D eigenvalue weighted by atomic mass is 9.90. The number of carboxylic acids is 1. The second-order valence-electron chi connectivity index (χ2n) is 5.87. The highest BCUT2D eigenvalue weighted by Crippen LogP contribution is 2.22. The van der Waals surface area contributed by atoms with Gasteiger partial charge in [-0.25, -0.2) is 0 Å². The third-order valence-corrected chi connectivity index (χ3v) is 4.12. The molecule has 1 amide bonds. The Hall–Kier alpha value is -2.81. The van der Waals surface area contributed by atoms with Gasteiger partial charge in [-0.3, -0.25) is 9.59 Å². The molecule has 0 bridgehead atoms. The first kappa shape index (κ1) is 17.5. The number of benzene rings is 1. The maximum Gasteiger partial charge on any atom is 0.322 e. The first-order chi connectivity index (χ1) is 11.6. The summed E-state index contributed by atoms with van der Waals surface area (Å²) in [5.74, 6) is -0.845. The highest BCUT2D eigenvalue weighted by Gasteiger charge is 2.25. The van der Waals surface area contributed by atoms with Crippen molar-refractivity contribution in [2.75, 3.05) is 19.6 Å². The van der Waals surface area contributed by atoms with E-state index >= 15 is 0 Å². The highest BCUT2D eigenvalue weighted by molar-refractivity contribution is 5.97. The molecule has 0 aliphatic carbocycles. The van der Waals surface area contributed by atoms with Gasteiger partial charge in [0.05, 0.1) is 0 Å².